The van der Waals surface area contributed by atoms with E-state index in [4.69, 9.17) is 5.73 Å². The van der Waals surface area contributed by atoms with Crippen molar-refractivity contribution in [1.82, 2.24) is 5.32 Å². The lowest BCUT2D eigenvalue weighted by Gasteiger charge is -2.30. The number of alkyl halides is 6. The molecule has 1 aromatic carbocycles. The van der Waals surface area contributed by atoms with Crippen molar-refractivity contribution < 1.29 is 26.3 Å². The molecule has 1 fully saturated rings. The van der Waals surface area contributed by atoms with Crippen LogP contribution in [0, 0.1) is 5.92 Å². The Balaban J connectivity index is 0.00000264. The first kappa shape index (κ1) is 20.1. The lowest BCUT2D eigenvalue weighted by atomic mass is 9.84. The van der Waals surface area contributed by atoms with Gasteiger partial charge >= 0.3 is 12.4 Å². The summed E-state index contributed by atoms with van der Waals surface area (Å²) in [6, 6.07) is 0.386. The highest BCUT2D eigenvalue weighted by molar-refractivity contribution is 5.85. The minimum absolute atomic E-state index is 0. The van der Waals surface area contributed by atoms with Gasteiger partial charge in [0.15, 0.2) is 0 Å². The SMILES string of the molecule is Cl.N[C@@H](c1cc(C(F)(F)F)ccc1C(F)(F)F)C1CCNCC1. The summed E-state index contributed by atoms with van der Waals surface area (Å²) in [5.41, 5.74) is 3.20. The third-order valence-corrected chi connectivity index (χ3v) is 3.94. The van der Waals surface area contributed by atoms with Crippen LogP contribution in [0.4, 0.5) is 26.3 Å². The predicted molar refractivity (Wildman–Crippen MR) is 76.2 cm³/mol. The van der Waals surface area contributed by atoms with Crippen molar-refractivity contribution in [2.45, 2.75) is 31.2 Å². The molecule has 0 aliphatic carbocycles. The van der Waals surface area contributed by atoms with Crippen LogP contribution in [0.25, 0.3) is 0 Å². The molecule has 0 bridgehead atoms. The molecule has 0 aromatic heterocycles. The summed E-state index contributed by atoms with van der Waals surface area (Å²) in [5.74, 6) is -0.272. The Morgan fingerprint density at radius 1 is 1.00 bits per heavy atom. The van der Waals surface area contributed by atoms with Crippen LogP contribution in [0.3, 0.4) is 0 Å². The third-order valence-electron chi connectivity index (χ3n) is 3.94. The van der Waals surface area contributed by atoms with Gasteiger partial charge in [-0.15, -0.1) is 12.4 Å². The number of hydrogen-bond donors (Lipinski definition) is 2. The molecule has 2 rings (SSSR count). The van der Waals surface area contributed by atoms with E-state index in [2.05, 4.69) is 5.32 Å². The number of nitrogens with two attached hydrogens (primary N) is 1. The monoisotopic (exact) mass is 362 g/mol. The zero-order valence-electron chi connectivity index (χ0n) is 12.0. The zero-order valence-corrected chi connectivity index (χ0v) is 12.8. The van der Waals surface area contributed by atoms with Crippen LogP contribution in [0.1, 0.15) is 35.6 Å². The predicted octanol–water partition coefficient (Wildman–Crippen LogP) is 4.15. The van der Waals surface area contributed by atoms with E-state index in [1.807, 2.05) is 0 Å². The second kappa shape index (κ2) is 7.27. The average Bonchev–Trinajstić information content (AvgIpc) is 2.45. The van der Waals surface area contributed by atoms with Crippen LogP contribution < -0.4 is 11.1 Å². The maximum absolute atomic E-state index is 13.1. The summed E-state index contributed by atoms with van der Waals surface area (Å²) >= 11 is 0. The van der Waals surface area contributed by atoms with E-state index in [1.54, 1.807) is 0 Å². The van der Waals surface area contributed by atoms with Crippen molar-refractivity contribution in [3.8, 4) is 0 Å². The van der Waals surface area contributed by atoms with E-state index in [9.17, 15) is 26.3 Å². The van der Waals surface area contributed by atoms with Crippen LogP contribution >= 0.6 is 12.4 Å². The van der Waals surface area contributed by atoms with Crippen molar-refractivity contribution in [2.75, 3.05) is 13.1 Å². The number of halogens is 7. The van der Waals surface area contributed by atoms with Crippen molar-refractivity contribution >= 4 is 12.4 Å². The first-order chi connectivity index (χ1) is 10.1. The summed E-state index contributed by atoms with van der Waals surface area (Å²) in [4.78, 5) is 0. The van der Waals surface area contributed by atoms with Gasteiger partial charge < -0.3 is 11.1 Å². The second-order valence-electron chi connectivity index (χ2n) is 5.41. The van der Waals surface area contributed by atoms with Gasteiger partial charge in [-0.25, -0.2) is 0 Å². The van der Waals surface area contributed by atoms with E-state index in [-0.39, 0.29) is 18.3 Å². The van der Waals surface area contributed by atoms with Crippen molar-refractivity contribution in [3.63, 3.8) is 0 Å². The molecule has 0 amide bonds. The Bertz CT molecular complexity index is 523. The van der Waals surface area contributed by atoms with Gasteiger partial charge in [0, 0.05) is 6.04 Å². The second-order valence-corrected chi connectivity index (χ2v) is 5.41. The van der Waals surface area contributed by atoms with Gasteiger partial charge in [-0.3, -0.25) is 0 Å². The van der Waals surface area contributed by atoms with E-state index >= 15 is 0 Å². The number of benzene rings is 1. The summed E-state index contributed by atoms with van der Waals surface area (Å²) in [6.45, 7) is 1.19. The van der Waals surface area contributed by atoms with E-state index in [0.717, 1.165) is 0 Å². The molecule has 1 aromatic rings. The Morgan fingerprint density at radius 2 is 1.57 bits per heavy atom. The molecule has 23 heavy (non-hydrogen) atoms. The van der Waals surface area contributed by atoms with Crippen LogP contribution in [0.15, 0.2) is 18.2 Å². The van der Waals surface area contributed by atoms with Gasteiger partial charge in [0.05, 0.1) is 11.1 Å². The van der Waals surface area contributed by atoms with Gasteiger partial charge in [-0.05, 0) is 55.6 Å². The molecule has 0 spiro atoms. The van der Waals surface area contributed by atoms with Crippen LogP contribution in [0.2, 0.25) is 0 Å². The van der Waals surface area contributed by atoms with Crippen molar-refractivity contribution in [3.05, 3.63) is 34.9 Å². The Labute approximate surface area is 135 Å². The fraction of sp³-hybridized carbons (Fsp3) is 0.571. The molecule has 3 N–H and O–H groups in total. The molecule has 1 atom stereocenters. The van der Waals surface area contributed by atoms with Crippen LogP contribution in [0.5, 0.6) is 0 Å². The average molecular weight is 363 g/mol. The maximum Gasteiger partial charge on any atom is 0.416 e. The molecule has 0 radical (unpaired) electrons. The minimum atomic E-state index is -4.73. The van der Waals surface area contributed by atoms with Gasteiger partial charge in [-0.2, -0.15) is 26.3 Å². The molecule has 1 heterocycles. The fourth-order valence-electron chi connectivity index (χ4n) is 2.73. The number of hydrogen-bond acceptors (Lipinski definition) is 2. The highest BCUT2D eigenvalue weighted by Gasteiger charge is 2.39. The van der Waals surface area contributed by atoms with Crippen molar-refractivity contribution in [2.24, 2.45) is 11.7 Å². The Hall–Kier alpha value is -0.990. The van der Waals surface area contributed by atoms with E-state index in [1.165, 1.54) is 0 Å². The van der Waals surface area contributed by atoms with Crippen LogP contribution in [-0.4, -0.2) is 13.1 Å². The fourth-order valence-corrected chi connectivity index (χ4v) is 2.73. The molecule has 132 valence electrons. The topological polar surface area (TPSA) is 38.0 Å². The van der Waals surface area contributed by atoms with E-state index < -0.39 is 35.1 Å². The minimum Gasteiger partial charge on any atom is -0.324 e. The third kappa shape index (κ3) is 4.74. The Morgan fingerprint density at radius 3 is 2.04 bits per heavy atom. The zero-order chi connectivity index (χ0) is 16.5. The first-order valence-electron chi connectivity index (χ1n) is 6.85. The lowest BCUT2D eigenvalue weighted by molar-refractivity contribution is -0.142. The number of piperidine rings is 1. The van der Waals surface area contributed by atoms with Crippen molar-refractivity contribution in [1.29, 1.82) is 0 Å². The standard InChI is InChI=1S/C14H16F6N2.ClH/c15-13(16,17)9-1-2-11(14(18,19)20)10(7-9)12(21)8-3-5-22-6-4-8;/h1-2,7-8,12,22H,3-6,21H2;1H/t12-;/m1./s1. The normalized spacial score (nSPS) is 18.4. The molecule has 1 aliphatic rings. The van der Waals surface area contributed by atoms with E-state index in [0.29, 0.717) is 44.1 Å². The first-order valence-corrected chi connectivity index (χ1v) is 6.85. The lowest BCUT2D eigenvalue weighted by Crippen LogP contribution is -2.34. The quantitative estimate of drug-likeness (QED) is 0.776. The number of rotatable bonds is 2. The van der Waals surface area contributed by atoms with Gasteiger partial charge in [-0.1, -0.05) is 0 Å². The molecule has 2 nitrogen and oxygen atoms in total. The summed E-state index contributed by atoms with van der Waals surface area (Å²) in [7, 11) is 0. The molecule has 1 aliphatic heterocycles. The molecule has 1 saturated heterocycles. The summed E-state index contributed by atoms with van der Waals surface area (Å²) < 4.78 is 77.5. The van der Waals surface area contributed by atoms with Gasteiger partial charge in [0.25, 0.3) is 0 Å². The maximum atomic E-state index is 13.1. The number of nitrogens with one attached hydrogen (secondary N) is 1. The van der Waals surface area contributed by atoms with Gasteiger partial charge in [0.1, 0.15) is 0 Å². The summed E-state index contributed by atoms with van der Waals surface area (Å²) in [5, 5.41) is 3.04. The summed E-state index contributed by atoms with van der Waals surface area (Å²) in [6.07, 6.45) is -8.36. The molecule has 0 unspecified atom stereocenters. The smallest absolute Gasteiger partial charge is 0.324 e. The molecular formula is C14H17ClF6N2. The highest BCUT2D eigenvalue weighted by atomic mass is 35.5. The Kier molecular flexibility index (Phi) is 6.34. The highest BCUT2D eigenvalue weighted by Crippen LogP contribution is 2.40. The van der Waals surface area contributed by atoms with Crippen LogP contribution in [-0.2, 0) is 12.4 Å². The molecular weight excluding hydrogens is 346 g/mol. The molecule has 0 saturated carbocycles. The largest absolute Gasteiger partial charge is 0.416 e. The van der Waals surface area contributed by atoms with Gasteiger partial charge in [0.2, 0.25) is 0 Å². The molecule has 9 heteroatoms.